The molecule has 4 aromatic rings. The van der Waals surface area contributed by atoms with E-state index in [1.807, 2.05) is 58.1 Å². The van der Waals surface area contributed by atoms with Gasteiger partial charge in [0.1, 0.15) is 5.69 Å². The third-order valence-electron chi connectivity index (χ3n) is 5.23. The molecule has 0 fully saturated rings. The first kappa shape index (κ1) is 17.6. The lowest BCUT2D eigenvalue weighted by Crippen LogP contribution is -2.42. The Kier molecular flexibility index (Phi) is 4.57. The minimum Gasteiger partial charge on any atom is -0.374 e. The van der Waals surface area contributed by atoms with Gasteiger partial charge in [-0.1, -0.05) is 24.3 Å². The molecule has 0 radical (unpaired) electrons. The average molecular weight is 387 g/mol. The molecule has 4 heterocycles. The van der Waals surface area contributed by atoms with Crippen LogP contribution in [0.5, 0.6) is 0 Å². The van der Waals surface area contributed by atoms with Crippen LogP contribution in [0.2, 0.25) is 0 Å². The molecule has 1 amide bonds. The van der Waals surface area contributed by atoms with E-state index in [1.165, 1.54) is 0 Å². The normalized spacial score (nSPS) is 16.1. The summed E-state index contributed by atoms with van der Waals surface area (Å²) in [6, 6.07) is 15.6. The van der Waals surface area contributed by atoms with Crippen LogP contribution in [-0.2, 0) is 17.9 Å². The molecule has 1 atom stereocenters. The number of benzene rings is 1. The number of para-hydroxylation sites is 1. The van der Waals surface area contributed by atoms with E-state index >= 15 is 0 Å². The van der Waals surface area contributed by atoms with E-state index in [4.69, 9.17) is 4.74 Å². The van der Waals surface area contributed by atoms with Crippen molar-refractivity contribution in [1.29, 1.82) is 0 Å². The summed E-state index contributed by atoms with van der Waals surface area (Å²) in [7, 11) is 0. The van der Waals surface area contributed by atoms with Crippen LogP contribution in [0.4, 0.5) is 0 Å². The number of nitrogens with zero attached hydrogens (tertiary/aromatic N) is 4. The zero-order chi connectivity index (χ0) is 19.6. The van der Waals surface area contributed by atoms with Crippen molar-refractivity contribution in [3.63, 3.8) is 0 Å². The molecule has 0 bridgehead atoms. The second-order valence-corrected chi connectivity index (χ2v) is 7.25. The van der Waals surface area contributed by atoms with E-state index in [2.05, 4.69) is 15.1 Å². The minimum absolute atomic E-state index is 0.00842. The van der Waals surface area contributed by atoms with E-state index in [-0.39, 0.29) is 11.9 Å². The lowest BCUT2D eigenvalue weighted by atomic mass is 10.2. The van der Waals surface area contributed by atoms with E-state index in [9.17, 15) is 4.79 Å². The number of aromatic nitrogens is 4. The van der Waals surface area contributed by atoms with E-state index in [1.54, 1.807) is 18.6 Å². The maximum absolute atomic E-state index is 13.2. The van der Waals surface area contributed by atoms with Crippen molar-refractivity contribution in [1.82, 2.24) is 24.6 Å². The third kappa shape index (κ3) is 3.52. The second-order valence-electron chi connectivity index (χ2n) is 7.25. The van der Waals surface area contributed by atoms with Crippen LogP contribution < -0.4 is 0 Å². The fourth-order valence-electron chi connectivity index (χ4n) is 3.82. The van der Waals surface area contributed by atoms with Gasteiger partial charge in [-0.3, -0.25) is 14.5 Å². The molecule has 0 aliphatic carbocycles. The number of ether oxygens (including phenoxy) is 1. The summed E-state index contributed by atoms with van der Waals surface area (Å²) in [5.41, 5.74) is 3.61. The number of H-pyrrole nitrogens is 1. The van der Waals surface area contributed by atoms with E-state index < -0.39 is 0 Å². The third-order valence-corrected chi connectivity index (χ3v) is 5.23. The van der Waals surface area contributed by atoms with Gasteiger partial charge in [0.15, 0.2) is 0 Å². The van der Waals surface area contributed by atoms with Crippen LogP contribution in [0.1, 0.15) is 27.8 Å². The van der Waals surface area contributed by atoms with Crippen molar-refractivity contribution >= 4 is 16.8 Å². The Hall–Kier alpha value is -3.45. The van der Waals surface area contributed by atoms with Crippen LogP contribution in [-0.4, -0.2) is 43.7 Å². The Morgan fingerprint density at radius 2 is 2.10 bits per heavy atom. The van der Waals surface area contributed by atoms with Crippen molar-refractivity contribution in [3.8, 4) is 0 Å². The van der Waals surface area contributed by atoms with Gasteiger partial charge in [0.05, 0.1) is 31.5 Å². The molecular weight excluding hydrogens is 366 g/mol. The summed E-state index contributed by atoms with van der Waals surface area (Å²) < 4.78 is 7.89. The fourth-order valence-corrected chi connectivity index (χ4v) is 3.82. The summed E-state index contributed by atoms with van der Waals surface area (Å²) in [5, 5.41) is 5.48. The van der Waals surface area contributed by atoms with Crippen molar-refractivity contribution in [2.45, 2.75) is 19.2 Å². The number of aromatic amines is 1. The summed E-state index contributed by atoms with van der Waals surface area (Å²) in [6.45, 7) is 2.04. The topological polar surface area (TPSA) is 76.0 Å². The number of amides is 1. The van der Waals surface area contributed by atoms with Crippen LogP contribution in [0.15, 0.2) is 67.1 Å². The SMILES string of the molecule is O=C(c1cc2ccccc2[nH]1)N1Cc2ccnn2[C@H](COCc2cccnc2)C1. The monoisotopic (exact) mass is 387 g/mol. The second kappa shape index (κ2) is 7.52. The molecule has 7 nitrogen and oxygen atoms in total. The maximum atomic E-state index is 13.2. The number of rotatable bonds is 5. The lowest BCUT2D eigenvalue weighted by Gasteiger charge is -2.33. The number of hydrogen-bond acceptors (Lipinski definition) is 4. The van der Waals surface area contributed by atoms with Gasteiger partial charge in [-0.2, -0.15) is 5.10 Å². The van der Waals surface area contributed by atoms with Crippen LogP contribution in [0, 0.1) is 0 Å². The molecule has 0 unspecified atom stereocenters. The Morgan fingerprint density at radius 1 is 1.17 bits per heavy atom. The van der Waals surface area contributed by atoms with Crippen LogP contribution in [0.3, 0.4) is 0 Å². The zero-order valence-corrected chi connectivity index (χ0v) is 15.9. The van der Waals surface area contributed by atoms with Gasteiger partial charge in [0.25, 0.3) is 5.91 Å². The first-order valence-corrected chi connectivity index (χ1v) is 9.64. The van der Waals surface area contributed by atoms with Crippen molar-refractivity contribution in [2.24, 2.45) is 0 Å². The molecule has 146 valence electrons. The number of carbonyl (C=O) groups excluding carboxylic acids is 1. The molecular formula is C22H21N5O2. The molecule has 29 heavy (non-hydrogen) atoms. The minimum atomic E-state index is -0.0289. The number of pyridine rings is 1. The average Bonchev–Trinajstić information content (AvgIpc) is 3.40. The highest BCUT2D eigenvalue weighted by atomic mass is 16.5. The van der Waals surface area contributed by atoms with Gasteiger partial charge in [-0.15, -0.1) is 0 Å². The maximum Gasteiger partial charge on any atom is 0.270 e. The fraction of sp³-hybridized carbons (Fsp3) is 0.227. The standard InChI is InChI=1S/C22H21N5O2/c28-22(21-10-17-5-1-2-6-20(17)25-21)26-12-18-7-9-24-27(18)19(13-26)15-29-14-16-4-3-8-23-11-16/h1-11,19,25H,12-15H2/t19-/m0/s1. The molecule has 1 aromatic carbocycles. The van der Waals surface area contributed by atoms with Gasteiger partial charge in [0.2, 0.25) is 0 Å². The Labute approximate surface area is 167 Å². The van der Waals surface area contributed by atoms with E-state index in [0.717, 1.165) is 22.2 Å². The first-order valence-electron chi connectivity index (χ1n) is 9.64. The van der Waals surface area contributed by atoms with Crippen LogP contribution >= 0.6 is 0 Å². The van der Waals surface area contributed by atoms with Gasteiger partial charge in [-0.25, -0.2) is 0 Å². The molecule has 1 aliphatic rings. The number of nitrogens with one attached hydrogen (secondary N) is 1. The lowest BCUT2D eigenvalue weighted by molar-refractivity contribution is 0.0444. The van der Waals surface area contributed by atoms with Gasteiger partial charge >= 0.3 is 0 Å². The quantitative estimate of drug-likeness (QED) is 0.571. The number of carbonyl (C=O) groups is 1. The highest BCUT2D eigenvalue weighted by Crippen LogP contribution is 2.24. The summed E-state index contributed by atoms with van der Waals surface area (Å²) >= 11 is 0. The Morgan fingerprint density at radius 3 is 2.97 bits per heavy atom. The van der Waals surface area contributed by atoms with Crippen molar-refractivity contribution in [2.75, 3.05) is 13.2 Å². The molecule has 0 saturated carbocycles. The molecule has 3 aromatic heterocycles. The largest absolute Gasteiger partial charge is 0.374 e. The summed E-state index contributed by atoms with van der Waals surface area (Å²) in [5.74, 6) is -0.00842. The Bertz CT molecular complexity index is 1100. The molecule has 1 N–H and O–H groups in total. The van der Waals surface area contributed by atoms with Gasteiger partial charge in [-0.05, 0) is 29.8 Å². The highest BCUT2D eigenvalue weighted by Gasteiger charge is 2.29. The zero-order valence-electron chi connectivity index (χ0n) is 15.9. The van der Waals surface area contributed by atoms with Crippen molar-refractivity contribution < 1.29 is 9.53 Å². The van der Waals surface area contributed by atoms with E-state index in [0.29, 0.717) is 32.0 Å². The van der Waals surface area contributed by atoms with Crippen molar-refractivity contribution in [3.05, 3.63) is 84.1 Å². The van der Waals surface area contributed by atoms with Gasteiger partial charge < -0.3 is 14.6 Å². The summed E-state index contributed by atoms with van der Waals surface area (Å²) in [4.78, 5) is 22.4. The number of hydrogen-bond donors (Lipinski definition) is 1. The smallest absolute Gasteiger partial charge is 0.270 e. The molecule has 1 aliphatic heterocycles. The van der Waals surface area contributed by atoms with Gasteiger partial charge in [0, 0.05) is 36.0 Å². The van der Waals surface area contributed by atoms with Crippen LogP contribution in [0.25, 0.3) is 10.9 Å². The number of fused-ring (bicyclic) bond motifs is 2. The highest BCUT2D eigenvalue weighted by molar-refractivity contribution is 5.98. The summed E-state index contributed by atoms with van der Waals surface area (Å²) in [6.07, 6.45) is 5.32. The molecule has 7 heteroatoms. The predicted molar refractivity (Wildman–Crippen MR) is 108 cm³/mol. The predicted octanol–water partition coefficient (Wildman–Crippen LogP) is 3.17. The molecule has 0 spiro atoms. The first-order chi connectivity index (χ1) is 14.3. The Balaban J connectivity index is 1.32. The molecule has 5 rings (SSSR count). The molecule has 0 saturated heterocycles.